The molecule has 0 heterocycles. The molecular weight excluding hydrogens is 152 g/mol. The fraction of sp³-hybridized carbons (Fsp3) is 1.00. The first-order chi connectivity index (χ1) is 4.31. The van der Waals surface area contributed by atoms with Gasteiger partial charge in [-0.15, -0.1) is 0 Å². The van der Waals surface area contributed by atoms with Crippen molar-refractivity contribution in [1.29, 1.82) is 0 Å². The molecule has 1 unspecified atom stereocenters. The van der Waals surface area contributed by atoms with Gasteiger partial charge in [-0.3, -0.25) is 0 Å². The molecule has 1 nitrogen and oxygen atoms in total. The van der Waals surface area contributed by atoms with Crippen LogP contribution in [0.3, 0.4) is 0 Å². The minimum absolute atomic E-state index is 0.215. The Morgan fingerprint density at radius 1 is 1.22 bits per heavy atom. The van der Waals surface area contributed by atoms with Crippen molar-refractivity contribution in [3.63, 3.8) is 0 Å². The van der Waals surface area contributed by atoms with Gasteiger partial charge in [0.1, 0.15) is 0 Å². The van der Waals surface area contributed by atoms with Gasteiger partial charge in [-0.1, -0.05) is 6.42 Å². The lowest BCUT2D eigenvalue weighted by atomic mass is 10.2. The number of hydrogen-bond acceptors (Lipinski definition) is 3. The van der Waals surface area contributed by atoms with Gasteiger partial charge in [-0.25, -0.2) is 0 Å². The van der Waals surface area contributed by atoms with E-state index >= 15 is 0 Å². The highest BCUT2D eigenvalue weighted by molar-refractivity contribution is 7.80. The van der Waals surface area contributed by atoms with Crippen LogP contribution in [0.5, 0.6) is 0 Å². The largest absolute Gasteiger partial charge is 0.392 e. The molecule has 0 aliphatic rings. The fourth-order valence-electron chi connectivity index (χ4n) is 0.583. The molecule has 0 amide bonds. The first kappa shape index (κ1) is 9.66. The Morgan fingerprint density at radius 2 is 1.89 bits per heavy atom. The van der Waals surface area contributed by atoms with Crippen molar-refractivity contribution in [3.8, 4) is 0 Å². The molecule has 0 fully saturated rings. The van der Waals surface area contributed by atoms with Crippen LogP contribution < -0.4 is 0 Å². The van der Waals surface area contributed by atoms with E-state index in [1.807, 2.05) is 0 Å². The zero-order valence-electron chi connectivity index (χ0n) is 5.45. The van der Waals surface area contributed by atoms with Crippen molar-refractivity contribution >= 4 is 25.3 Å². The van der Waals surface area contributed by atoms with Crippen LogP contribution in [0.25, 0.3) is 0 Å². The third-order valence-corrected chi connectivity index (χ3v) is 1.89. The highest BCUT2D eigenvalue weighted by Crippen LogP contribution is 2.02. The van der Waals surface area contributed by atoms with Crippen molar-refractivity contribution in [2.75, 3.05) is 11.5 Å². The van der Waals surface area contributed by atoms with E-state index in [-0.39, 0.29) is 6.10 Å². The molecule has 0 aliphatic carbocycles. The average molecular weight is 166 g/mol. The Kier molecular flexibility index (Phi) is 7.27. The van der Waals surface area contributed by atoms with Crippen molar-refractivity contribution in [2.24, 2.45) is 0 Å². The summed E-state index contributed by atoms with van der Waals surface area (Å²) in [5, 5.41) is 8.98. The summed E-state index contributed by atoms with van der Waals surface area (Å²) in [6.45, 7) is 0. The molecule has 0 aliphatic heterocycles. The Morgan fingerprint density at radius 3 is 2.33 bits per heavy atom. The number of aliphatic hydroxyl groups excluding tert-OH is 1. The van der Waals surface area contributed by atoms with Crippen LogP contribution in [0, 0.1) is 0 Å². The third kappa shape index (κ3) is 6.55. The smallest absolute Gasteiger partial charge is 0.0628 e. The van der Waals surface area contributed by atoms with E-state index < -0.39 is 0 Å². The molecule has 3 heteroatoms. The summed E-state index contributed by atoms with van der Waals surface area (Å²) in [6, 6.07) is 0. The van der Waals surface area contributed by atoms with Crippen molar-refractivity contribution < 1.29 is 5.11 Å². The van der Waals surface area contributed by atoms with Gasteiger partial charge in [-0.2, -0.15) is 25.3 Å². The van der Waals surface area contributed by atoms with Crippen LogP contribution in [-0.2, 0) is 0 Å². The fourth-order valence-corrected chi connectivity index (χ4v) is 0.989. The van der Waals surface area contributed by atoms with Crippen LogP contribution in [-0.4, -0.2) is 22.7 Å². The highest BCUT2D eigenvalue weighted by Gasteiger charge is 1.98. The molecule has 0 aromatic carbocycles. The lowest BCUT2D eigenvalue weighted by Gasteiger charge is -2.04. The zero-order valence-corrected chi connectivity index (χ0v) is 7.24. The average Bonchev–Trinajstić information content (AvgIpc) is 1.89. The van der Waals surface area contributed by atoms with E-state index in [0.29, 0.717) is 5.75 Å². The standard InChI is InChI=1S/C6H14OS2/c7-6(5-9)3-1-2-4-8/h6-9H,1-5H2. The Balaban J connectivity index is 2.88. The third-order valence-electron chi connectivity index (χ3n) is 1.16. The van der Waals surface area contributed by atoms with Crippen LogP contribution in [0.2, 0.25) is 0 Å². The molecule has 0 rings (SSSR count). The zero-order chi connectivity index (χ0) is 7.11. The topological polar surface area (TPSA) is 20.2 Å². The maximum absolute atomic E-state index is 8.98. The number of unbranched alkanes of at least 4 members (excludes halogenated alkanes) is 1. The summed E-state index contributed by atoms with van der Waals surface area (Å²) < 4.78 is 0. The summed E-state index contributed by atoms with van der Waals surface area (Å²) in [5.74, 6) is 1.49. The van der Waals surface area contributed by atoms with E-state index in [2.05, 4.69) is 25.3 Å². The number of aliphatic hydroxyl groups is 1. The van der Waals surface area contributed by atoms with Crippen LogP contribution in [0.1, 0.15) is 19.3 Å². The van der Waals surface area contributed by atoms with E-state index in [1.165, 1.54) is 0 Å². The number of rotatable bonds is 5. The van der Waals surface area contributed by atoms with Gasteiger partial charge in [0.15, 0.2) is 0 Å². The maximum atomic E-state index is 8.98. The van der Waals surface area contributed by atoms with Crippen molar-refractivity contribution in [2.45, 2.75) is 25.4 Å². The molecule has 0 aromatic heterocycles. The van der Waals surface area contributed by atoms with E-state index in [9.17, 15) is 0 Å². The van der Waals surface area contributed by atoms with Gasteiger partial charge in [0, 0.05) is 5.75 Å². The van der Waals surface area contributed by atoms with E-state index in [4.69, 9.17) is 5.11 Å². The first-order valence-electron chi connectivity index (χ1n) is 3.21. The quantitative estimate of drug-likeness (QED) is 0.416. The summed E-state index contributed by atoms with van der Waals surface area (Å²) in [7, 11) is 0. The van der Waals surface area contributed by atoms with Gasteiger partial charge in [-0.05, 0) is 18.6 Å². The van der Waals surface area contributed by atoms with E-state index in [1.54, 1.807) is 0 Å². The minimum Gasteiger partial charge on any atom is -0.392 e. The summed E-state index contributed by atoms with van der Waals surface area (Å²) in [5.41, 5.74) is 0. The lowest BCUT2D eigenvalue weighted by Crippen LogP contribution is -2.07. The summed E-state index contributed by atoms with van der Waals surface area (Å²) in [6.07, 6.45) is 2.80. The molecular formula is C6H14OS2. The summed E-state index contributed by atoms with van der Waals surface area (Å²) >= 11 is 8.00. The maximum Gasteiger partial charge on any atom is 0.0628 e. The molecule has 56 valence electrons. The number of hydrogen-bond donors (Lipinski definition) is 3. The predicted molar refractivity (Wildman–Crippen MR) is 47.6 cm³/mol. The van der Waals surface area contributed by atoms with Crippen LogP contribution in [0.15, 0.2) is 0 Å². The van der Waals surface area contributed by atoms with Gasteiger partial charge < -0.3 is 5.11 Å². The first-order valence-corrected chi connectivity index (χ1v) is 4.47. The molecule has 0 aromatic rings. The molecule has 9 heavy (non-hydrogen) atoms. The van der Waals surface area contributed by atoms with Crippen LogP contribution >= 0.6 is 25.3 Å². The highest BCUT2D eigenvalue weighted by atomic mass is 32.1. The van der Waals surface area contributed by atoms with Gasteiger partial charge in [0.2, 0.25) is 0 Å². The molecule has 0 bridgehead atoms. The van der Waals surface area contributed by atoms with Crippen LogP contribution in [0.4, 0.5) is 0 Å². The second-order valence-corrected chi connectivity index (χ2v) is 2.87. The number of thiol groups is 2. The van der Waals surface area contributed by atoms with E-state index in [0.717, 1.165) is 25.0 Å². The Labute approximate surface area is 67.7 Å². The molecule has 0 saturated heterocycles. The Bertz CT molecular complexity index is 59.0. The SMILES string of the molecule is OC(CS)CCCCS. The molecule has 1 N–H and O–H groups in total. The molecule has 0 spiro atoms. The predicted octanol–water partition coefficient (Wildman–Crippen LogP) is 1.38. The van der Waals surface area contributed by atoms with Gasteiger partial charge >= 0.3 is 0 Å². The van der Waals surface area contributed by atoms with Gasteiger partial charge in [0.05, 0.1) is 6.10 Å². The molecule has 0 radical (unpaired) electrons. The second kappa shape index (κ2) is 6.78. The monoisotopic (exact) mass is 166 g/mol. The van der Waals surface area contributed by atoms with Gasteiger partial charge in [0.25, 0.3) is 0 Å². The molecule has 0 saturated carbocycles. The minimum atomic E-state index is -0.215. The molecule has 1 atom stereocenters. The Hall–Kier alpha value is 0.660. The second-order valence-electron chi connectivity index (χ2n) is 2.06. The van der Waals surface area contributed by atoms with Crippen molar-refractivity contribution in [1.82, 2.24) is 0 Å². The summed E-state index contributed by atoms with van der Waals surface area (Å²) in [4.78, 5) is 0. The normalized spacial score (nSPS) is 13.7. The van der Waals surface area contributed by atoms with Crippen molar-refractivity contribution in [3.05, 3.63) is 0 Å². The lowest BCUT2D eigenvalue weighted by molar-refractivity contribution is 0.186.